The number of rotatable bonds is 19. The summed E-state index contributed by atoms with van der Waals surface area (Å²) in [5, 5.41) is 36.6. The van der Waals surface area contributed by atoms with Crippen LogP contribution in [0.25, 0.3) is 10.9 Å². The molecule has 0 spiro atoms. The molecule has 0 amide bonds. The van der Waals surface area contributed by atoms with E-state index in [1.54, 1.807) is 18.3 Å². The molecule has 1 aliphatic rings. The van der Waals surface area contributed by atoms with Gasteiger partial charge in [-0.1, -0.05) is 87.8 Å². The zero-order valence-electron chi connectivity index (χ0n) is 27.8. The van der Waals surface area contributed by atoms with Crippen molar-refractivity contribution in [1.82, 2.24) is 20.2 Å². The van der Waals surface area contributed by atoms with Crippen molar-refractivity contribution < 1.29 is 19.7 Å². The van der Waals surface area contributed by atoms with E-state index in [4.69, 9.17) is 4.42 Å². The summed E-state index contributed by atoms with van der Waals surface area (Å²) >= 11 is 0. The van der Waals surface area contributed by atoms with Gasteiger partial charge in [-0.15, -0.1) is 0 Å². The number of hydrogen-bond donors (Lipinski definition) is 5. The van der Waals surface area contributed by atoms with Gasteiger partial charge in [0, 0.05) is 23.9 Å². The largest absolute Gasteiger partial charge is 0.506 e. The summed E-state index contributed by atoms with van der Waals surface area (Å²) in [7, 11) is 2.12. The van der Waals surface area contributed by atoms with Crippen molar-refractivity contribution in [2.24, 2.45) is 5.92 Å². The Morgan fingerprint density at radius 2 is 1.68 bits per heavy atom. The van der Waals surface area contributed by atoms with Crippen molar-refractivity contribution in [2.45, 2.75) is 95.3 Å². The van der Waals surface area contributed by atoms with Gasteiger partial charge in [-0.05, 0) is 69.1 Å². The van der Waals surface area contributed by atoms with Gasteiger partial charge in [-0.3, -0.25) is 9.69 Å². The van der Waals surface area contributed by atoms with E-state index in [9.17, 15) is 20.1 Å². The molecule has 5 N–H and O–H groups in total. The van der Waals surface area contributed by atoms with Crippen LogP contribution in [-0.2, 0) is 12.1 Å². The van der Waals surface area contributed by atoms with Crippen LogP contribution < -0.4 is 10.9 Å². The predicted molar refractivity (Wildman–Crippen MR) is 185 cm³/mol. The number of benzene rings is 2. The SMILES string of the molecule is CN(CCCCCCCCCCNCC(O)c1ccc(O)c2[nH]c(=O)ccc12)Cc1cnc([C@](O)(c2ccccc2)C2CCCC2)o1. The van der Waals surface area contributed by atoms with E-state index < -0.39 is 11.7 Å². The number of phenolic OH excluding ortho intramolecular Hbond substituents is 1. The fraction of sp³-hybridized carbons (Fsp3) is 0.526. The third-order valence-electron chi connectivity index (χ3n) is 9.71. The normalized spacial score (nSPS) is 15.8. The summed E-state index contributed by atoms with van der Waals surface area (Å²) in [6, 6.07) is 16.1. The molecule has 1 aliphatic carbocycles. The highest BCUT2D eigenvalue weighted by Crippen LogP contribution is 2.44. The van der Waals surface area contributed by atoms with Crippen molar-refractivity contribution in [3.63, 3.8) is 0 Å². The highest BCUT2D eigenvalue weighted by Gasteiger charge is 2.45. The first kappa shape index (κ1) is 34.8. The van der Waals surface area contributed by atoms with Crippen LogP contribution in [0.2, 0.25) is 0 Å². The average Bonchev–Trinajstić information content (AvgIpc) is 3.79. The smallest absolute Gasteiger partial charge is 0.248 e. The molecule has 254 valence electrons. The molecular formula is C38H52N4O5. The lowest BCUT2D eigenvalue weighted by Crippen LogP contribution is -2.35. The maximum absolute atomic E-state index is 11.9. The van der Waals surface area contributed by atoms with Gasteiger partial charge in [0.1, 0.15) is 11.5 Å². The molecule has 0 saturated heterocycles. The lowest BCUT2D eigenvalue weighted by Gasteiger charge is -2.31. The Morgan fingerprint density at radius 3 is 2.43 bits per heavy atom. The number of aromatic amines is 1. The Labute approximate surface area is 278 Å². The molecule has 2 aromatic heterocycles. The third kappa shape index (κ3) is 9.11. The molecule has 2 aromatic carbocycles. The maximum Gasteiger partial charge on any atom is 0.248 e. The van der Waals surface area contributed by atoms with E-state index in [1.807, 2.05) is 30.3 Å². The summed E-state index contributed by atoms with van der Waals surface area (Å²) < 4.78 is 6.21. The Bertz CT molecular complexity index is 1580. The van der Waals surface area contributed by atoms with E-state index in [-0.39, 0.29) is 17.2 Å². The second-order valence-corrected chi connectivity index (χ2v) is 13.3. The molecule has 9 heteroatoms. The fourth-order valence-electron chi connectivity index (χ4n) is 7.06. The van der Waals surface area contributed by atoms with E-state index in [0.717, 1.165) is 69.4 Å². The fourth-order valence-corrected chi connectivity index (χ4v) is 7.06. The quantitative estimate of drug-likeness (QED) is 0.0728. The van der Waals surface area contributed by atoms with Crippen LogP contribution in [0.3, 0.4) is 0 Å². The standard InChI is InChI=1S/C38H52N4O5/c1-42(27-30-25-40-37(47-30)38(46,29-17-11-12-18-29)28-15-9-8-10-16-28)24-14-7-5-3-2-4-6-13-23-39-26-34(44)31-19-21-33(43)36-32(31)20-22-35(45)41-36/h8-10,15-16,19-22,25,29,34,39,43-44,46H,2-7,11-14,17-18,23-24,26-27H2,1H3,(H,41,45)/t34?,38-/m0/s1. The van der Waals surface area contributed by atoms with Crippen LogP contribution in [0.4, 0.5) is 0 Å². The number of aliphatic hydroxyl groups excluding tert-OH is 1. The monoisotopic (exact) mass is 644 g/mol. The molecular weight excluding hydrogens is 592 g/mol. The van der Waals surface area contributed by atoms with Crippen molar-refractivity contribution in [1.29, 1.82) is 0 Å². The van der Waals surface area contributed by atoms with Gasteiger partial charge in [0.05, 0.1) is 24.4 Å². The molecule has 1 fully saturated rings. The lowest BCUT2D eigenvalue weighted by molar-refractivity contribution is -0.00726. The van der Waals surface area contributed by atoms with Gasteiger partial charge in [-0.2, -0.15) is 0 Å². The zero-order chi connectivity index (χ0) is 33.1. The van der Waals surface area contributed by atoms with Gasteiger partial charge in [0.15, 0.2) is 5.60 Å². The number of nitrogens with one attached hydrogen (secondary N) is 2. The van der Waals surface area contributed by atoms with Crippen molar-refractivity contribution in [2.75, 3.05) is 26.7 Å². The summed E-state index contributed by atoms with van der Waals surface area (Å²) in [5.41, 5.74) is 0.442. The number of phenols is 1. The minimum atomic E-state index is -1.18. The van der Waals surface area contributed by atoms with Crippen LogP contribution in [0.5, 0.6) is 5.75 Å². The average molecular weight is 645 g/mol. The number of pyridine rings is 1. The first-order chi connectivity index (χ1) is 22.9. The minimum Gasteiger partial charge on any atom is -0.506 e. The van der Waals surface area contributed by atoms with E-state index >= 15 is 0 Å². The third-order valence-corrected chi connectivity index (χ3v) is 9.71. The van der Waals surface area contributed by atoms with Gasteiger partial charge in [0.2, 0.25) is 11.4 Å². The van der Waals surface area contributed by atoms with Crippen LogP contribution in [-0.4, -0.2) is 56.9 Å². The van der Waals surface area contributed by atoms with Crippen molar-refractivity contribution in [3.8, 4) is 5.75 Å². The molecule has 4 aromatic rings. The molecule has 9 nitrogen and oxygen atoms in total. The highest BCUT2D eigenvalue weighted by atomic mass is 16.4. The molecule has 0 bridgehead atoms. The number of aromatic hydroxyl groups is 1. The minimum absolute atomic E-state index is 0.000674. The number of aliphatic hydroxyl groups is 2. The summed E-state index contributed by atoms with van der Waals surface area (Å²) in [6.45, 7) is 2.94. The Kier molecular flexibility index (Phi) is 12.6. The lowest BCUT2D eigenvalue weighted by atomic mass is 9.80. The number of fused-ring (bicyclic) bond motifs is 1. The van der Waals surface area contributed by atoms with Gasteiger partial charge in [0.25, 0.3) is 0 Å². The molecule has 5 rings (SSSR count). The van der Waals surface area contributed by atoms with E-state index in [0.29, 0.717) is 35.4 Å². The molecule has 0 aliphatic heterocycles. The Balaban J connectivity index is 0.918. The second kappa shape index (κ2) is 17.1. The number of hydrogen-bond acceptors (Lipinski definition) is 8. The maximum atomic E-state index is 11.9. The van der Waals surface area contributed by atoms with Crippen molar-refractivity contribution >= 4 is 10.9 Å². The van der Waals surface area contributed by atoms with Gasteiger partial charge in [-0.25, -0.2) is 4.98 Å². The second-order valence-electron chi connectivity index (χ2n) is 13.3. The van der Waals surface area contributed by atoms with Crippen LogP contribution in [0.1, 0.15) is 106 Å². The molecule has 1 unspecified atom stereocenters. The van der Waals surface area contributed by atoms with E-state index in [2.05, 4.69) is 27.2 Å². The Morgan fingerprint density at radius 1 is 0.979 bits per heavy atom. The molecule has 1 saturated carbocycles. The number of unbranched alkanes of at least 4 members (excludes halogenated alkanes) is 7. The molecule has 2 heterocycles. The van der Waals surface area contributed by atoms with E-state index in [1.165, 1.54) is 44.2 Å². The van der Waals surface area contributed by atoms with Crippen LogP contribution >= 0.6 is 0 Å². The summed E-state index contributed by atoms with van der Waals surface area (Å²) in [4.78, 5) is 21.1. The van der Waals surface area contributed by atoms with Crippen molar-refractivity contribution in [3.05, 3.63) is 93.9 Å². The first-order valence-electron chi connectivity index (χ1n) is 17.5. The van der Waals surface area contributed by atoms with Gasteiger partial charge < -0.3 is 30.0 Å². The summed E-state index contributed by atoms with van der Waals surface area (Å²) in [6.07, 6.45) is 14.8. The number of H-pyrrole nitrogens is 1. The molecule has 2 atom stereocenters. The number of oxazole rings is 1. The zero-order valence-corrected chi connectivity index (χ0v) is 27.8. The topological polar surface area (TPSA) is 135 Å². The molecule has 0 radical (unpaired) electrons. The highest BCUT2D eigenvalue weighted by molar-refractivity contribution is 5.87. The van der Waals surface area contributed by atoms with Crippen LogP contribution in [0.15, 0.2) is 70.0 Å². The molecule has 47 heavy (non-hydrogen) atoms. The predicted octanol–water partition coefficient (Wildman–Crippen LogP) is 6.52. The summed E-state index contributed by atoms with van der Waals surface area (Å²) in [5.74, 6) is 1.35. The number of aromatic nitrogens is 2. The first-order valence-corrected chi connectivity index (χ1v) is 17.5. The number of nitrogens with zero attached hydrogens (tertiary/aromatic N) is 2. The Hall–Kier alpha value is -3.50. The van der Waals surface area contributed by atoms with Gasteiger partial charge >= 0.3 is 0 Å². The van der Waals surface area contributed by atoms with Crippen LogP contribution in [0, 0.1) is 5.92 Å².